The van der Waals surface area contributed by atoms with Crippen LogP contribution in [0, 0.1) is 5.92 Å². The molecule has 0 fully saturated rings. The van der Waals surface area contributed by atoms with Crippen molar-refractivity contribution in [3.63, 3.8) is 0 Å². The van der Waals surface area contributed by atoms with E-state index in [2.05, 4.69) is 56.6 Å². The van der Waals surface area contributed by atoms with Gasteiger partial charge in [-0.25, -0.2) is 0 Å². The zero-order valence-corrected chi connectivity index (χ0v) is 10.3. The number of hydrogen-bond donors (Lipinski definition) is 0. The largest absolute Gasteiger partial charge is 0.253 e. The summed E-state index contributed by atoms with van der Waals surface area (Å²) in [6, 6.07) is 0. The third-order valence-corrected chi connectivity index (χ3v) is 2.98. The molecule has 1 aliphatic carbocycles. The normalized spacial score (nSPS) is 17.0. The second-order valence-corrected chi connectivity index (χ2v) is 5.36. The van der Waals surface area contributed by atoms with Gasteiger partial charge in [0.15, 0.2) is 0 Å². The van der Waals surface area contributed by atoms with Crippen molar-refractivity contribution >= 4 is 11.9 Å². The first-order valence-electron chi connectivity index (χ1n) is 5.02. The molecule has 0 heterocycles. The molecule has 0 saturated carbocycles. The Morgan fingerprint density at radius 1 is 1.29 bits per heavy atom. The Kier molecular flexibility index (Phi) is 4.49. The fourth-order valence-electron chi connectivity index (χ4n) is 1.32. The Morgan fingerprint density at radius 2 is 2.00 bits per heavy atom. The van der Waals surface area contributed by atoms with Gasteiger partial charge in [-0.2, -0.15) is 0 Å². The number of nitrogens with zero attached hydrogens (tertiary/aromatic N) is 1. The van der Waals surface area contributed by atoms with Gasteiger partial charge >= 0.3 is 0 Å². The average Bonchev–Trinajstić information content (AvgIpc) is 2.28. The van der Waals surface area contributed by atoms with E-state index in [1.165, 1.54) is 10.5 Å². The quantitative estimate of drug-likeness (QED) is 0.653. The average molecular weight is 209 g/mol. The van der Waals surface area contributed by atoms with Gasteiger partial charge in [-0.05, 0) is 44.5 Å². The smallest absolute Gasteiger partial charge is 0.0227 e. The van der Waals surface area contributed by atoms with Crippen LogP contribution in [-0.2, 0) is 0 Å². The molecule has 78 valence electrons. The highest BCUT2D eigenvalue weighted by Crippen LogP contribution is 2.24. The van der Waals surface area contributed by atoms with Crippen LogP contribution in [0.1, 0.15) is 20.3 Å². The SMILES string of the molecule is CC(C)C1=CC=C(SN(C)C)C=CC1. The molecule has 14 heavy (non-hydrogen) atoms. The third-order valence-electron chi connectivity index (χ3n) is 2.13. The van der Waals surface area contributed by atoms with Crippen LogP contribution < -0.4 is 0 Å². The highest BCUT2D eigenvalue weighted by molar-refractivity contribution is 8.01. The molecule has 0 aromatic heterocycles. The zero-order chi connectivity index (χ0) is 10.6. The van der Waals surface area contributed by atoms with Gasteiger partial charge in [0.1, 0.15) is 0 Å². The molecule has 0 aromatic rings. The molecule has 0 saturated heterocycles. The molecule has 0 amide bonds. The van der Waals surface area contributed by atoms with Gasteiger partial charge in [-0.3, -0.25) is 4.31 Å². The number of allylic oxidation sites excluding steroid dienone is 5. The van der Waals surface area contributed by atoms with Crippen LogP contribution in [-0.4, -0.2) is 18.4 Å². The molecule has 0 aliphatic heterocycles. The van der Waals surface area contributed by atoms with Gasteiger partial charge in [0.2, 0.25) is 0 Å². The summed E-state index contributed by atoms with van der Waals surface area (Å²) in [6.45, 7) is 4.50. The van der Waals surface area contributed by atoms with Crippen molar-refractivity contribution in [1.29, 1.82) is 0 Å². The predicted octanol–water partition coefficient (Wildman–Crippen LogP) is 3.62. The van der Waals surface area contributed by atoms with E-state index in [9.17, 15) is 0 Å². The molecule has 0 atom stereocenters. The summed E-state index contributed by atoms with van der Waals surface area (Å²) in [6.07, 6.45) is 10.0. The van der Waals surface area contributed by atoms with Crippen LogP contribution in [0.2, 0.25) is 0 Å². The molecule has 0 N–H and O–H groups in total. The minimum Gasteiger partial charge on any atom is -0.253 e. The van der Waals surface area contributed by atoms with E-state index in [0.29, 0.717) is 5.92 Å². The maximum Gasteiger partial charge on any atom is 0.0227 e. The van der Waals surface area contributed by atoms with Gasteiger partial charge in [-0.1, -0.05) is 37.6 Å². The van der Waals surface area contributed by atoms with E-state index in [1.807, 2.05) is 0 Å². The van der Waals surface area contributed by atoms with Crippen LogP contribution in [0.25, 0.3) is 0 Å². The second-order valence-electron chi connectivity index (χ2n) is 3.98. The molecule has 0 unspecified atom stereocenters. The Labute approximate surface area is 91.7 Å². The van der Waals surface area contributed by atoms with Crippen LogP contribution in [0.5, 0.6) is 0 Å². The summed E-state index contributed by atoms with van der Waals surface area (Å²) in [5.74, 6) is 0.652. The van der Waals surface area contributed by atoms with Crippen molar-refractivity contribution in [2.24, 2.45) is 5.92 Å². The van der Waals surface area contributed by atoms with Gasteiger partial charge in [0.05, 0.1) is 0 Å². The summed E-state index contributed by atoms with van der Waals surface area (Å²) >= 11 is 1.77. The van der Waals surface area contributed by atoms with Crippen molar-refractivity contribution in [3.05, 3.63) is 34.8 Å². The third kappa shape index (κ3) is 3.72. The molecule has 1 nitrogen and oxygen atoms in total. The first-order chi connectivity index (χ1) is 6.59. The Morgan fingerprint density at radius 3 is 2.57 bits per heavy atom. The molecule has 0 spiro atoms. The maximum atomic E-state index is 2.26. The standard InChI is InChI=1S/C12H19NS/c1-10(2)11-6-5-7-12(9-8-11)14-13(3)4/h5,7-10H,6H2,1-4H3. The minimum atomic E-state index is 0.652. The lowest BCUT2D eigenvalue weighted by atomic mass is 10.0. The lowest BCUT2D eigenvalue weighted by molar-refractivity contribution is 0.707. The van der Waals surface area contributed by atoms with Crippen LogP contribution >= 0.6 is 11.9 Å². The number of rotatable bonds is 3. The van der Waals surface area contributed by atoms with E-state index >= 15 is 0 Å². The second kappa shape index (κ2) is 5.42. The Hall–Kier alpha value is -0.470. The molecule has 0 aromatic carbocycles. The highest BCUT2D eigenvalue weighted by atomic mass is 32.2. The van der Waals surface area contributed by atoms with E-state index in [1.54, 1.807) is 11.9 Å². The van der Waals surface area contributed by atoms with E-state index in [0.717, 1.165) is 6.42 Å². The number of hydrogen-bond acceptors (Lipinski definition) is 2. The van der Waals surface area contributed by atoms with Crippen LogP contribution in [0.15, 0.2) is 34.8 Å². The minimum absolute atomic E-state index is 0.652. The van der Waals surface area contributed by atoms with E-state index in [4.69, 9.17) is 0 Å². The van der Waals surface area contributed by atoms with Gasteiger partial charge in [0.25, 0.3) is 0 Å². The van der Waals surface area contributed by atoms with Crippen molar-refractivity contribution in [2.45, 2.75) is 20.3 Å². The summed E-state index contributed by atoms with van der Waals surface area (Å²) < 4.78 is 2.12. The Balaban J connectivity index is 2.71. The molecular formula is C12H19NS. The van der Waals surface area contributed by atoms with Gasteiger partial charge in [0, 0.05) is 4.91 Å². The van der Waals surface area contributed by atoms with Crippen molar-refractivity contribution in [1.82, 2.24) is 4.31 Å². The molecule has 2 heteroatoms. The van der Waals surface area contributed by atoms with Crippen molar-refractivity contribution < 1.29 is 0 Å². The highest BCUT2D eigenvalue weighted by Gasteiger charge is 2.04. The summed E-state index contributed by atoms with van der Waals surface area (Å²) in [5.41, 5.74) is 1.51. The molecule has 1 aliphatic rings. The van der Waals surface area contributed by atoms with Gasteiger partial charge in [-0.15, -0.1) is 0 Å². The molecule has 0 radical (unpaired) electrons. The lowest BCUT2D eigenvalue weighted by Crippen LogP contribution is -1.98. The van der Waals surface area contributed by atoms with Crippen LogP contribution in [0.4, 0.5) is 0 Å². The first-order valence-corrected chi connectivity index (χ1v) is 5.79. The zero-order valence-electron chi connectivity index (χ0n) is 9.45. The lowest BCUT2D eigenvalue weighted by Gasteiger charge is -2.07. The van der Waals surface area contributed by atoms with Crippen molar-refractivity contribution in [3.8, 4) is 0 Å². The summed E-state index contributed by atoms with van der Waals surface area (Å²) in [4.78, 5) is 1.31. The van der Waals surface area contributed by atoms with E-state index in [-0.39, 0.29) is 0 Å². The summed E-state index contributed by atoms with van der Waals surface area (Å²) in [5, 5.41) is 0. The predicted molar refractivity (Wildman–Crippen MR) is 66.0 cm³/mol. The summed E-state index contributed by atoms with van der Waals surface area (Å²) in [7, 11) is 4.13. The van der Waals surface area contributed by atoms with Gasteiger partial charge < -0.3 is 0 Å². The van der Waals surface area contributed by atoms with E-state index < -0.39 is 0 Å². The molecule has 0 bridgehead atoms. The fourth-order valence-corrected chi connectivity index (χ4v) is 2.03. The van der Waals surface area contributed by atoms with Crippen molar-refractivity contribution in [2.75, 3.05) is 14.1 Å². The Bertz CT molecular complexity index is 272. The maximum absolute atomic E-state index is 2.26. The topological polar surface area (TPSA) is 3.24 Å². The fraction of sp³-hybridized carbons (Fsp3) is 0.500. The van der Waals surface area contributed by atoms with Crippen LogP contribution in [0.3, 0.4) is 0 Å². The molecule has 1 rings (SSSR count). The molecular weight excluding hydrogens is 190 g/mol. The monoisotopic (exact) mass is 209 g/mol. The first kappa shape index (κ1) is 11.6.